The Kier molecular flexibility index (Phi) is 2.85. The van der Waals surface area contributed by atoms with Gasteiger partial charge in [-0.15, -0.1) is 0 Å². The number of halogens is 1. The molecule has 0 fully saturated rings. The first-order valence-corrected chi connectivity index (χ1v) is 6.82. The summed E-state index contributed by atoms with van der Waals surface area (Å²) in [6.45, 7) is 0.817. The van der Waals surface area contributed by atoms with Crippen LogP contribution in [0.4, 0.5) is 0 Å². The van der Waals surface area contributed by atoms with Crippen LogP contribution >= 0.6 is 15.9 Å². The highest BCUT2D eigenvalue weighted by molar-refractivity contribution is 9.10. The van der Waals surface area contributed by atoms with Gasteiger partial charge in [-0.05, 0) is 23.6 Å². The Labute approximate surface area is 97.4 Å². The van der Waals surface area contributed by atoms with E-state index >= 15 is 0 Å². The quantitative estimate of drug-likeness (QED) is 0.839. The number of rotatable bonds is 1. The van der Waals surface area contributed by atoms with E-state index in [1.165, 1.54) is 9.87 Å². The van der Waals surface area contributed by atoms with Crippen molar-refractivity contribution in [2.24, 2.45) is 5.14 Å². The number of nitrogens with two attached hydrogens (primary N) is 1. The Morgan fingerprint density at radius 3 is 2.80 bits per heavy atom. The zero-order valence-electron chi connectivity index (χ0n) is 7.98. The van der Waals surface area contributed by atoms with Crippen molar-refractivity contribution in [2.75, 3.05) is 6.54 Å². The topological polar surface area (TPSA) is 63.4 Å². The van der Waals surface area contributed by atoms with Gasteiger partial charge in [-0.1, -0.05) is 28.1 Å². The first-order chi connectivity index (χ1) is 6.98. The standard InChI is InChI=1S/C9H11BrN2O2S/c10-9-3-1-2-7-4-5-12(6-8(7)9)15(11,13)14/h1-3H,4-6H2,(H2,11,13,14). The van der Waals surface area contributed by atoms with Gasteiger partial charge in [-0.3, -0.25) is 0 Å². The summed E-state index contributed by atoms with van der Waals surface area (Å²) in [7, 11) is -3.57. The van der Waals surface area contributed by atoms with Crippen LogP contribution in [0, 0.1) is 0 Å². The van der Waals surface area contributed by atoms with Crippen LogP contribution in [0.1, 0.15) is 11.1 Å². The van der Waals surface area contributed by atoms with E-state index in [0.717, 1.165) is 10.0 Å². The second-order valence-electron chi connectivity index (χ2n) is 3.51. The van der Waals surface area contributed by atoms with Crippen molar-refractivity contribution < 1.29 is 8.42 Å². The zero-order valence-corrected chi connectivity index (χ0v) is 10.4. The van der Waals surface area contributed by atoms with Crippen LogP contribution in [0.25, 0.3) is 0 Å². The lowest BCUT2D eigenvalue weighted by Gasteiger charge is -2.26. The molecule has 0 spiro atoms. The smallest absolute Gasteiger partial charge is 0.216 e. The number of fused-ring (bicyclic) bond motifs is 1. The average Bonchev–Trinajstić information content (AvgIpc) is 2.16. The lowest BCUT2D eigenvalue weighted by Crippen LogP contribution is -2.40. The number of hydrogen-bond acceptors (Lipinski definition) is 2. The molecule has 6 heteroatoms. The molecule has 0 bridgehead atoms. The molecule has 1 aromatic rings. The minimum atomic E-state index is -3.57. The molecule has 0 aromatic heterocycles. The number of nitrogens with zero attached hydrogens (tertiary/aromatic N) is 1. The fourth-order valence-corrected chi connectivity index (χ4v) is 2.92. The third-order valence-electron chi connectivity index (χ3n) is 2.54. The molecule has 1 aliphatic heterocycles. The van der Waals surface area contributed by atoms with Crippen LogP contribution in [-0.4, -0.2) is 19.3 Å². The van der Waals surface area contributed by atoms with Crippen LogP contribution in [0.2, 0.25) is 0 Å². The minimum absolute atomic E-state index is 0.357. The van der Waals surface area contributed by atoms with E-state index in [1.54, 1.807) is 0 Å². The predicted octanol–water partition coefficient (Wildman–Crippen LogP) is 1.01. The molecule has 4 nitrogen and oxygen atoms in total. The SMILES string of the molecule is NS(=O)(=O)N1CCc2cccc(Br)c2C1. The summed E-state index contributed by atoms with van der Waals surface area (Å²) >= 11 is 3.41. The maximum Gasteiger partial charge on any atom is 0.277 e. The molecule has 82 valence electrons. The summed E-state index contributed by atoms with van der Waals surface area (Å²) in [5, 5.41) is 5.10. The first-order valence-electron chi connectivity index (χ1n) is 4.52. The van der Waals surface area contributed by atoms with Gasteiger partial charge in [0.15, 0.2) is 0 Å². The van der Waals surface area contributed by atoms with Crippen LogP contribution in [-0.2, 0) is 23.2 Å². The monoisotopic (exact) mass is 290 g/mol. The molecule has 15 heavy (non-hydrogen) atoms. The van der Waals surface area contributed by atoms with Crippen molar-refractivity contribution in [1.82, 2.24) is 4.31 Å². The molecule has 1 aromatic carbocycles. The summed E-state index contributed by atoms with van der Waals surface area (Å²) < 4.78 is 24.6. The van der Waals surface area contributed by atoms with Crippen molar-refractivity contribution in [2.45, 2.75) is 13.0 Å². The lowest BCUT2D eigenvalue weighted by atomic mass is 10.0. The zero-order chi connectivity index (χ0) is 11.1. The maximum absolute atomic E-state index is 11.2. The third kappa shape index (κ3) is 2.23. The molecule has 2 rings (SSSR count). The van der Waals surface area contributed by atoms with Crippen LogP contribution in [0.15, 0.2) is 22.7 Å². The average molecular weight is 291 g/mol. The van der Waals surface area contributed by atoms with Gasteiger partial charge in [-0.25, -0.2) is 5.14 Å². The molecule has 0 aliphatic carbocycles. The van der Waals surface area contributed by atoms with Gasteiger partial charge < -0.3 is 0 Å². The van der Waals surface area contributed by atoms with Gasteiger partial charge in [0.2, 0.25) is 0 Å². The second kappa shape index (κ2) is 3.86. The lowest BCUT2D eigenvalue weighted by molar-refractivity contribution is 0.391. The van der Waals surface area contributed by atoms with Crippen molar-refractivity contribution in [1.29, 1.82) is 0 Å². The van der Waals surface area contributed by atoms with E-state index < -0.39 is 10.2 Å². The van der Waals surface area contributed by atoms with Gasteiger partial charge in [0.1, 0.15) is 0 Å². The van der Waals surface area contributed by atoms with E-state index in [1.807, 2.05) is 18.2 Å². The van der Waals surface area contributed by atoms with E-state index in [9.17, 15) is 8.42 Å². The molecule has 2 N–H and O–H groups in total. The predicted molar refractivity (Wildman–Crippen MR) is 61.4 cm³/mol. The summed E-state index contributed by atoms with van der Waals surface area (Å²) in [5.41, 5.74) is 2.20. The molecule has 0 atom stereocenters. The number of benzene rings is 1. The Balaban J connectivity index is 2.38. The molecular formula is C9H11BrN2O2S. The van der Waals surface area contributed by atoms with Gasteiger partial charge in [-0.2, -0.15) is 12.7 Å². The van der Waals surface area contributed by atoms with Crippen molar-refractivity contribution in [3.63, 3.8) is 0 Å². The largest absolute Gasteiger partial charge is 0.277 e. The Bertz CT molecular complexity index is 487. The van der Waals surface area contributed by atoms with Crippen molar-refractivity contribution in [3.05, 3.63) is 33.8 Å². The normalized spacial score (nSPS) is 17.5. The van der Waals surface area contributed by atoms with E-state index in [4.69, 9.17) is 5.14 Å². The van der Waals surface area contributed by atoms with Crippen molar-refractivity contribution >= 4 is 26.1 Å². The number of hydrogen-bond donors (Lipinski definition) is 1. The minimum Gasteiger partial charge on any atom is -0.216 e. The fourth-order valence-electron chi connectivity index (χ4n) is 1.73. The summed E-state index contributed by atoms with van der Waals surface area (Å²) in [4.78, 5) is 0. The fraction of sp³-hybridized carbons (Fsp3) is 0.333. The van der Waals surface area contributed by atoms with Gasteiger partial charge in [0, 0.05) is 17.6 Å². The van der Waals surface area contributed by atoms with Gasteiger partial charge >= 0.3 is 0 Å². The molecular weight excluding hydrogens is 280 g/mol. The Morgan fingerprint density at radius 2 is 2.13 bits per heavy atom. The Hall–Kier alpha value is -0.430. The molecule has 0 unspecified atom stereocenters. The van der Waals surface area contributed by atoms with Gasteiger partial charge in [0.25, 0.3) is 10.2 Å². The molecule has 0 saturated heterocycles. The third-order valence-corrected chi connectivity index (χ3v) is 4.32. The summed E-state index contributed by atoms with van der Waals surface area (Å²) in [6, 6.07) is 5.88. The van der Waals surface area contributed by atoms with Crippen LogP contribution < -0.4 is 5.14 Å². The van der Waals surface area contributed by atoms with E-state index in [-0.39, 0.29) is 0 Å². The molecule has 1 aliphatic rings. The van der Waals surface area contributed by atoms with E-state index in [2.05, 4.69) is 15.9 Å². The molecule has 1 heterocycles. The Morgan fingerprint density at radius 1 is 1.40 bits per heavy atom. The summed E-state index contributed by atoms with van der Waals surface area (Å²) in [6.07, 6.45) is 0.713. The highest BCUT2D eigenvalue weighted by atomic mass is 79.9. The van der Waals surface area contributed by atoms with E-state index in [0.29, 0.717) is 19.5 Å². The molecule has 0 radical (unpaired) electrons. The van der Waals surface area contributed by atoms with Crippen molar-refractivity contribution in [3.8, 4) is 0 Å². The van der Waals surface area contributed by atoms with Crippen LogP contribution in [0.3, 0.4) is 0 Å². The second-order valence-corrected chi connectivity index (χ2v) is 5.91. The first kappa shape index (κ1) is 11.1. The van der Waals surface area contributed by atoms with Gasteiger partial charge in [0.05, 0.1) is 0 Å². The van der Waals surface area contributed by atoms with Crippen LogP contribution in [0.5, 0.6) is 0 Å². The highest BCUT2D eigenvalue weighted by Gasteiger charge is 2.24. The molecule has 0 saturated carbocycles. The summed E-state index contributed by atoms with van der Waals surface area (Å²) in [5.74, 6) is 0. The maximum atomic E-state index is 11.2. The highest BCUT2D eigenvalue weighted by Crippen LogP contribution is 2.26. The molecule has 0 amide bonds.